The number of nitrogens with zero attached hydrogens (tertiary/aromatic N) is 2. The molecule has 0 saturated heterocycles. The van der Waals surface area contributed by atoms with Crippen LogP contribution in [0.2, 0.25) is 0 Å². The monoisotopic (exact) mass is 367 g/mol. The number of nitro groups is 1. The minimum Gasteiger partial charge on any atom is -0.477 e. The molecule has 1 heterocycles. The summed E-state index contributed by atoms with van der Waals surface area (Å²) in [6, 6.07) is 12.9. The van der Waals surface area contributed by atoms with E-state index >= 15 is 0 Å². The molecule has 3 rings (SSSR count). The number of benzene rings is 2. The highest BCUT2D eigenvalue weighted by Crippen LogP contribution is 2.33. The van der Waals surface area contributed by atoms with Crippen molar-refractivity contribution in [3.8, 4) is 5.75 Å². The Morgan fingerprint density at radius 2 is 2.04 bits per heavy atom. The van der Waals surface area contributed by atoms with Crippen LogP contribution in [0.3, 0.4) is 0 Å². The van der Waals surface area contributed by atoms with Gasteiger partial charge in [0.15, 0.2) is 6.10 Å². The second kappa shape index (κ2) is 7.69. The molecule has 138 valence electrons. The number of amides is 2. The zero-order valence-corrected chi connectivity index (χ0v) is 14.5. The number of likely N-dealkylation sites (N-methyl/N-ethyl adjacent to an activating group) is 1. The first kappa shape index (κ1) is 18.1. The summed E-state index contributed by atoms with van der Waals surface area (Å²) in [6.07, 6.45) is 2.00. The van der Waals surface area contributed by atoms with Crippen LogP contribution in [0.5, 0.6) is 5.75 Å². The molecule has 1 N–H and O–H groups in total. The standard InChI is InChI=1S/C19H17N3O5/c1-20-19(24)17-12-21(15-7-2-3-8-16(15)27-17)18(23)10-9-13-5-4-6-14(11-13)22(25)26/h2-11,17H,12H2,1H3,(H,20,24)/b10-9+/t17-/m0/s1. The molecular weight excluding hydrogens is 350 g/mol. The maximum Gasteiger partial charge on any atom is 0.270 e. The summed E-state index contributed by atoms with van der Waals surface area (Å²) in [6.45, 7) is 0.0643. The third kappa shape index (κ3) is 3.95. The number of para-hydroxylation sites is 2. The molecule has 8 heteroatoms. The van der Waals surface area contributed by atoms with E-state index < -0.39 is 11.0 Å². The molecule has 1 aliphatic heterocycles. The highest BCUT2D eigenvalue weighted by atomic mass is 16.6. The molecule has 2 amide bonds. The maximum absolute atomic E-state index is 12.7. The molecule has 0 fully saturated rings. The maximum atomic E-state index is 12.7. The number of hydrogen-bond acceptors (Lipinski definition) is 5. The van der Waals surface area contributed by atoms with Crippen molar-refractivity contribution in [3.05, 3.63) is 70.3 Å². The lowest BCUT2D eigenvalue weighted by Crippen LogP contribution is -2.49. The van der Waals surface area contributed by atoms with Gasteiger partial charge in [-0.3, -0.25) is 19.7 Å². The summed E-state index contributed by atoms with van der Waals surface area (Å²) in [5.41, 5.74) is 1.04. The fourth-order valence-corrected chi connectivity index (χ4v) is 2.74. The fourth-order valence-electron chi connectivity index (χ4n) is 2.74. The molecule has 2 aromatic carbocycles. The number of anilines is 1. The second-order valence-corrected chi connectivity index (χ2v) is 5.82. The SMILES string of the molecule is CNC(=O)[C@@H]1CN(C(=O)/C=C/c2cccc([N+](=O)[O-])c2)c2ccccc2O1. The summed E-state index contributed by atoms with van der Waals surface area (Å²) < 4.78 is 5.66. The molecule has 0 aliphatic carbocycles. The number of non-ortho nitro benzene ring substituents is 1. The van der Waals surface area contributed by atoms with E-state index in [0.29, 0.717) is 17.0 Å². The molecule has 0 saturated carbocycles. The number of nitrogens with one attached hydrogen (secondary N) is 1. The lowest BCUT2D eigenvalue weighted by molar-refractivity contribution is -0.384. The van der Waals surface area contributed by atoms with Crippen LogP contribution in [-0.4, -0.2) is 36.4 Å². The van der Waals surface area contributed by atoms with Gasteiger partial charge in [0.1, 0.15) is 5.75 Å². The first-order valence-electron chi connectivity index (χ1n) is 8.21. The Labute approximate surface area is 155 Å². The van der Waals surface area contributed by atoms with Gasteiger partial charge in [-0.15, -0.1) is 0 Å². The Bertz CT molecular complexity index is 925. The van der Waals surface area contributed by atoms with Crippen molar-refractivity contribution in [2.45, 2.75) is 6.10 Å². The summed E-state index contributed by atoms with van der Waals surface area (Å²) in [5, 5.41) is 13.4. The van der Waals surface area contributed by atoms with Crippen LogP contribution < -0.4 is 15.0 Å². The molecule has 0 unspecified atom stereocenters. The van der Waals surface area contributed by atoms with Crippen LogP contribution in [0.4, 0.5) is 11.4 Å². The normalized spacial score (nSPS) is 15.7. The zero-order chi connectivity index (χ0) is 19.4. The van der Waals surface area contributed by atoms with Gasteiger partial charge < -0.3 is 15.0 Å². The van der Waals surface area contributed by atoms with E-state index in [1.54, 1.807) is 36.4 Å². The van der Waals surface area contributed by atoms with Gasteiger partial charge in [0, 0.05) is 25.3 Å². The largest absolute Gasteiger partial charge is 0.477 e. The number of ether oxygens (including phenoxy) is 1. The van der Waals surface area contributed by atoms with Crippen LogP contribution in [0.15, 0.2) is 54.6 Å². The predicted molar refractivity (Wildman–Crippen MR) is 99.4 cm³/mol. The van der Waals surface area contributed by atoms with Crippen molar-refractivity contribution in [1.29, 1.82) is 0 Å². The van der Waals surface area contributed by atoms with Crippen molar-refractivity contribution in [1.82, 2.24) is 5.32 Å². The molecule has 2 aromatic rings. The van der Waals surface area contributed by atoms with Gasteiger partial charge in [0.25, 0.3) is 17.5 Å². The molecule has 1 aliphatic rings. The van der Waals surface area contributed by atoms with Gasteiger partial charge in [-0.05, 0) is 23.8 Å². The first-order chi connectivity index (χ1) is 13.0. The van der Waals surface area contributed by atoms with E-state index in [1.807, 2.05) is 0 Å². The van der Waals surface area contributed by atoms with Gasteiger partial charge in [-0.25, -0.2) is 0 Å². The van der Waals surface area contributed by atoms with E-state index in [4.69, 9.17) is 4.74 Å². The van der Waals surface area contributed by atoms with Crippen molar-refractivity contribution in [2.75, 3.05) is 18.5 Å². The Morgan fingerprint density at radius 1 is 1.26 bits per heavy atom. The van der Waals surface area contributed by atoms with Crippen LogP contribution in [-0.2, 0) is 9.59 Å². The van der Waals surface area contributed by atoms with Gasteiger partial charge >= 0.3 is 0 Å². The number of carbonyl (C=O) groups excluding carboxylic acids is 2. The average Bonchev–Trinajstić information content (AvgIpc) is 2.70. The first-order valence-corrected chi connectivity index (χ1v) is 8.21. The molecule has 0 spiro atoms. The summed E-state index contributed by atoms with van der Waals surface area (Å²) in [5.74, 6) is -0.245. The fraction of sp³-hybridized carbons (Fsp3) is 0.158. The minimum atomic E-state index is -0.819. The predicted octanol–water partition coefficient (Wildman–Crippen LogP) is 2.15. The Kier molecular flexibility index (Phi) is 5.16. The van der Waals surface area contributed by atoms with E-state index in [9.17, 15) is 19.7 Å². The summed E-state index contributed by atoms with van der Waals surface area (Å²) in [7, 11) is 1.50. The smallest absolute Gasteiger partial charge is 0.270 e. The minimum absolute atomic E-state index is 0.0546. The van der Waals surface area contributed by atoms with Crippen molar-refractivity contribution in [3.63, 3.8) is 0 Å². The van der Waals surface area contributed by atoms with Crippen LogP contribution in [0.25, 0.3) is 6.08 Å². The van der Waals surface area contributed by atoms with E-state index in [1.165, 1.54) is 36.2 Å². The lowest BCUT2D eigenvalue weighted by Gasteiger charge is -2.33. The molecular formula is C19H17N3O5. The summed E-state index contributed by atoms with van der Waals surface area (Å²) in [4.78, 5) is 36.5. The Hall–Kier alpha value is -3.68. The van der Waals surface area contributed by atoms with Crippen molar-refractivity contribution < 1.29 is 19.2 Å². The highest BCUT2D eigenvalue weighted by Gasteiger charge is 2.32. The van der Waals surface area contributed by atoms with Gasteiger partial charge in [-0.1, -0.05) is 24.3 Å². The Balaban J connectivity index is 1.85. The van der Waals surface area contributed by atoms with Crippen LogP contribution >= 0.6 is 0 Å². The second-order valence-electron chi connectivity index (χ2n) is 5.82. The van der Waals surface area contributed by atoms with Crippen molar-refractivity contribution >= 4 is 29.3 Å². The van der Waals surface area contributed by atoms with Crippen molar-refractivity contribution in [2.24, 2.45) is 0 Å². The van der Waals surface area contributed by atoms with Crippen LogP contribution in [0.1, 0.15) is 5.56 Å². The average molecular weight is 367 g/mol. The molecule has 8 nitrogen and oxygen atoms in total. The Morgan fingerprint density at radius 3 is 2.78 bits per heavy atom. The number of nitro benzene ring substituents is 1. The van der Waals surface area contributed by atoms with Gasteiger partial charge in [-0.2, -0.15) is 0 Å². The third-order valence-corrected chi connectivity index (χ3v) is 4.08. The van der Waals surface area contributed by atoms with E-state index in [2.05, 4.69) is 5.32 Å². The van der Waals surface area contributed by atoms with E-state index in [-0.39, 0.29) is 24.0 Å². The third-order valence-electron chi connectivity index (χ3n) is 4.08. The molecule has 0 aromatic heterocycles. The van der Waals surface area contributed by atoms with Crippen LogP contribution in [0, 0.1) is 10.1 Å². The van der Waals surface area contributed by atoms with Gasteiger partial charge in [0.05, 0.1) is 17.2 Å². The molecule has 0 bridgehead atoms. The zero-order valence-electron chi connectivity index (χ0n) is 14.5. The van der Waals surface area contributed by atoms with E-state index in [0.717, 1.165) is 0 Å². The number of carbonyl (C=O) groups is 2. The number of hydrogen-bond donors (Lipinski definition) is 1. The van der Waals surface area contributed by atoms with Gasteiger partial charge in [0.2, 0.25) is 0 Å². The number of fused-ring (bicyclic) bond motifs is 1. The topological polar surface area (TPSA) is 102 Å². The molecule has 27 heavy (non-hydrogen) atoms. The highest BCUT2D eigenvalue weighted by molar-refractivity contribution is 6.05. The molecule has 1 atom stereocenters. The quantitative estimate of drug-likeness (QED) is 0.507. The summed E-state index contributed by atoms with van der Waals surface area (Å²) >= 11 is 0. The molecule has 0 radical (unpaired) electrons. The lowest BCUT2D eigenvalue weighted by atomic mass is 10.1. The number of rotatable bonds is 4.